The number of rotatable bonds is 3. The van der Waals surface area contributed by atoms with Gasteiger partial charge >= 0.3 is 5.97 Å². The van der Waals surface area contributed by atoms with E-state index in [4.69, 9.17) is 4.74 Å². The third kappa shape index (κ3) is 2.14. The van der Waals surface area contributed by atoms with Crippen LogP contribution in [0.4, 0.5) is 0 Å². The van der Waals surface area contributed by atoms with Crippen molar-refractivity contribution < 1.29 is 19.4 Å². The van der Waals surface area contributed by atoms with Crippen molar-refractivity contribution in [2.45, 2.75) is 36.9 Å². The van der Waals surface area contributed by atoms with E-state index in [1.165, 1.54) is 7.11 Å². The third-order valence-corrected chi connectivity index (χ3v) is 7.90. The summed E-state index contributed by atoms with van der Waals surface area (Å²) in [4.78, 5) is 30.3. The number of benzene rings is 2. The van der Waals surface area contributed by atoms with Crippen molar-refractivity contribution in [1.29, 1.82) is 0 Å². The molecule has 4 aliphatic rings. The van der Waals surface area contributed by atoms with Crippen molar-refractivity contribution in [2.75, 3.05) is 13.7 Å². The Morgan fingerprint density at radius 3 is 2.68 bits per heavy atom. The maximum Gasteiger partial charge on any atom is 0.317 e. The van der Waals surface area contributed by atoms with E-state index in [0.29, 0.717) is 24.4 Å². The van der Waals surface area contributed by atoms with Crippen molar-refractivity contribution >= 4 is 22.5 Å². The Morgan fingerprint density at radius 1 is 1.19 bits per heavy atom. The molecule has 0 bridgehead atoms. The van der Waals surface area contributed by atoms with Gasteiger partial charge in [0.15, 0.2) is 5.78 Å². The van der Waals surface area contributed by atoms with E-state index in [-0.39, 0.29) is 11.8 Å². The zero-order valence-electron chi connectivity index (χ0n) is 17.4. The zero-order valence-corrected chi connectivity index (χ0v) is 17.4. The largest absolute Gasteiger partial charge is 0.468 e. The van der Waals surface area contributed by atoms with Crippen LogP contribution in [0, 0.1) is 37.0 Å². The predicted molar refractivity (Wildman–Crippen MR) is 115 cm³/mol. The van der Waals surface area contributed by atoms with Gasteiger partial charge in [-0.25, -0.2) is 0 Å². The number of aliphatic hydroxyl groups is 1. The summed E-state index contributed by atoms with van der Waals surface area (Å²) in [5.74, 6) is 0.0235. The average molecular weight is 414 g/mol. The van der Waals surface area contributed by atoms with E-state index in [9.17, 15) is 14.7 Å². The molecule has 5 nitrogen and oxygen atoms in total. The Bertz CT molecular complexity index is 1080. The minimum Gasteiger partial charge on any atom is -0.468 e. The fourth-order valence-electron chi connectivity index (χ4n) is 6.83. The van der Waals surface area contributed by atoms with Gasteiger partial charge in [0, 0.05) is 17.5 Å². The van der Waals surface area contributed by atoms with Crippen molar-refractivity contribution in [1.82, 2.24) is 4.90 Å². The van der Waals surface area contributed by atoms with Crippen LogP contribution >= 0.6 is 0 Å². The van der Waals surface area contributed by atoms with Gasteiger partial charge in [0.2, 0.25) is 0 Å². The fraction of sp³-hybridized carbons (Fsp3) is 0.346. The highest BCUT2D eigenvalue weighted by Gasteiger charge is 2.76. The smallest absolute Gasteiger partial charge is 0.317 e. The third-order valence-electron chi connectivity index (χ3n) is 7.90. The highest BCUT2D eigenvalue weighted by atomic mass is 16.5. The van der Waals surface area contributed by atoms with Crippen LogP contribution in [0.25, 0.3) is 10.8 Å². The first-order chi connectivity index (χ1) is 15.1. The van der Waals surface area contributed by atoms with Crippen molar-refractivity contribution in [2.24, 2.45) is 5.41 Å². The molecule has 5 radical (unpaired) electrons. The maximum absolute atomic E-state index is 14.4. The van der Waals surface area contributed by atoms with Crippen LogP contribution in [0.15, 0.2) is 36.4 Å². The molecule has 2 aliphatic heterocycles. The summed E-state index contributed by atoms with van der Waals surface area (Å²) >= 11 is 0. The number of hydrogen-bond donors (Lipinski definition) is 1. The van der Waals surface area contributed by atoms with Gasteiger partial charge in [0.05, 0.1) is 13.2 Å². The first kappa shape index (κ1) is 19.4. The molecule has 5 heteroatoms. The molecule has 2 aromatic carbocycles. The summed E-state index contributed by atoms with van der Waals surface area (Å²) in [7, 11) is 1.35. The Morgan fingerprint density at radius 2 is 1.94 bits per heavy atom. The molecule has 0 amide bonds. The molecule has 1 spiro atoms. The summed E-state index contributed by atoms with van der Waals surface area (Å²) in [6.45, 7) is 0.716. The maximum atomic E-state index is 14.4. The number of ketones is 1. The second-order valence-corrected chi connectivity index (χ2v) is 9.03. The van der Waals surface area contributed by atoms with Gasteiger partial charge in [-0.3, -0.25) is 14.5 Å². The van der Waals surface area contributed by atoms with Crippen LogP contribution < -0.4 is 0 Å². The topological polar surface area (TPSA) is 66.8 Å². The van der Waals surface area contributed by atoms with Crippen LogP contribution in [0.1, 0.15) is 35.2 Å². The normalized spacial score (nSPS) is 33.5. The van der Waals surface area contributed by atoms with Crippen LogP contribution in [0.3, 0.4) is 0 Å². The van der Waals surface area contributed by atoms with E-state index < -0.39 is 23.0 Å². The lowest BCUT2D eigenvalue weighted by atomic mass is 9.59. The molecule has 31 heavy (non-hydrogen) atoms. The van der Waals surface area contributed by atoms with Gasteiger partial charge in [-0.05, 0) is 67.8 Å². The van der Waals surface area contributed by atoms with Gasteiger partial charge in [-0.15, -0.1) is 0 Å². The van der Waals surface area contributed by atoms with Crippen molar-refractivity contribution in [3.05, 3.63) is 79.1 Å². The van der Waals surface area contributed by atoms with E-state index in [0.717, 1.165) is 29.2 Å². The molecule has 2 aromatic rings. The van der Waals surface area contributed by atoms with Crippen LogP contribution in [0.5, 0.6) is 0 Å². The number of Topliss-reactive ketones (excluding diaryl/α,β-unsaturated/α-hetero) is 1. The molecule has 2 saturated heterocycles. The monoisotopic (exact) mass is 414 g/mol. The summed E-state index contributed by atoms with van der Waals surface area (Å²) in [5.41, 5.74) is -1.25. The Hall–Kier alpha value is -2.24. The molecule has 2 aliphatic carbocycles. The molecule has 2 heterocycles. The lowest BCUT2D eigenvalue weighted by Gasteiger charge is -2.48. The molecular formula is C26H24NO4. The first-order valence-corrected chi connectivity index (χ1v) is 10.9. The Balaban J connectivity index is 1.69. The molecule has 157 valence electrons. The van der Waals surface area contributed by atoms with Crippen LogP contribution in [-0.2, 0) is 15.1 Å². The molecule has 4 atom stereocenters. The van der Waals surface area contributed by atoms with Crippen molar-refractivity contribution in [3.63, 3.8) is 0 Å². The number of carbonyl (C=O) groups is 2. The molecular weight excluding hydrogens is 390 g/mol. The molecule has 1 N–H and O–H groups in total. The number of hydrogen-bond acceptors (Lipinski definition) is 5. The van der Waals surface area contributed by atoms with Gasteiger partial charge < -0.3 is 9.84 Å². The predicted octanol–water partition coefficient (Wildman–Crippen LogP) is 3.03. The number of nitrogens with zero attached hydrogens (tertiary/aromatic N) is 1. The summed E-state index contributed by atoms with van der Waals surface area (Å²) in [5, 5.41) is 13.7. The van der Waals surface area contributed by atoms with E-state index in [2.05, 4.69) is 4.90 Å². The van der Waals surface area contributed by atoms with Gasteiger partial charge in [-0.2, -0.15) is 0 Å². The molecule has 6 rings (SSSR count). The zero-order chi connectivity index (χ0) is 21.4. The molecule has 0 aromatic heterocycles. The summed E-state index contributed by atoms with van der Waals surface area (Å²) in [6, 6.07) is 11.7. The van der Waals surface area contributed by atoms with E-state index in [1.54, 1.807) is 0 Å². The molecule has 1 saturated carbocycles. The van der Waals surface area contributed by atoms with E-state index in [1.807, 2.05) is 62.1 Å². The lowest BCUT2D eigenvalue weighted by molar-refractivity contribution is -0.166. The highest BCUT2D eigenvalue weighted by Crippen LogP contribution is 2.65. The molecule has 3 fully saturated rings. The Labute approximate surface area is 182 Å². The number of aliphatic hydroxyl groups excluding tert-OH is 1. The Kier molecular flexibility index (Phi) is 4.16. The summed E-state index contributed by atoms with van der Waals surface area (Å²) in [6.07, 6.45) is 8.43. The van der Waals surface area contributed by atoms with Gasteiger partial charge in [-0.1, -0.05) is 36.4 Å². The summed E-state index contributed by atoms with van der Waals surface area (Å²) < 4.78 is 5.37. The number of fused-ring (bicyclic) bond motifs is 3. The first-order valence-electron chi connectivity index (χ1n) is 10.9. The quantitative estimate of drug-likeness (QED) is 0.782. The van der Waals surface area contributed by atoms with Gasteiger partial charge in [0.1, 0.15) is 11.0 Å². The molecule has 1 unspecified atom stereocenters. The second-order valence-electron chi connectivity index (χ2n) is 9.03. The second kappa shape index (κ2) is 6.63. The minimum atomic E-state index is -1.43. The minimum absolute atomic E-state index is 0.0391. The lowest BCUT2D eigenvalue weighted by Crippen LogP contribution is -2.63. The number of ether oxygens (including phenoxy) is 1. The number of carbonyl (C=O) groups excluding carboxylic acids is 2. The average Bonchev–Trinajstić information content (AvgIpc) is 3.56. The van der Waals surface area contributed by atoms with E-state index >= 15 is 0 Å². The standard InChI is InChI=1S/C26H24NO4/c1-31-24(30)25(22(28)17-7-2-3-8-17)15-18-11-6-14-27(18)26(25)20-13-5-10-16-9-4-12-19(21(16)20)23(26)29/h2-5,7-10,12-13,18,22,28H,6,11,14-15H2,1H3/t18?,22-,25-,26+/m1/s1. The van der Waals surface area contributed by atoms with Gasteiger partial charge in [0.25, 0.3) is 0 Å². The fourth-order valence-corrected chi connectivity index (χ4v) is 6.83. The number of esters is 1. The van der Waals surface area contributed by atoms with Crippen LogP contribution in [-0.4, -0.2) is 47.6 Å². The SMILES string of the molecule is COC(=O)[C@]1([C@H](O)[C]2[CH][CH][CH][CH]2)CC2CCCN2[C@@]12C(=O)c1cccc3cccc2c13. The number of methoxy groups -OCH3 is 1. The van der Waals surface area contributed by atoms with Crippen LogP contribution in [0.2, 0.25) is 0 Å². The van der Waals surface area contributed by atoms with Crippen molar-refractivity contribution in [3.8, 4) is 0 Å². The highest BCUT2D eigenvalue weighted by molar-refractivity contribution is 6.22.